The second kappa shape index (κ2) is 49.2. The highest BCUT2D eigenvalue weighted by atomic mass is 32.2. The summed E-state index contributed by atoms with van der Waals surface area (Å²) in [4.78, 5) is 225. The molecule has 112 heavy (non-hydrogen) atoms. The molecule has 0 bridgehead atoms. The van der Waals surface area contributed by atoms with E-state index >= 15 is 0 Å². The first kappa shape index (κ1) is 97.9. The van der Waals surface area contributed by atoms with Crippen LogP contribution in [-0.4, -0.2) is 227 Å². The average molecular weight is 1600 g/mol. The number of nitrogens with one attached hydrogen (secondary N) is 14. The molecule has 2 aromatic rings. The molecule has 1 aromatic carbocycles. The molecule has 0 saturated heterocycles. The fraction of sp³-hybridized carbons (Fsp3) is 0.653. The van der Waals surface area contributed by atoms with E-state index in [2.05, 4.69) is 79.1 Å². The molecule has 2 rings (SSSR count). The number of aromatic nitrogens is 1. The van der Waals surface area contributed by atoms with Crippen molar-refractivity contribution in [3.05, 3.63) is 36.0 Å². The first-order valence-corrected chi connectivity index (χ1v) is 38.9. The number of carbonyl (C=O) groups is 16. The summed E-state index contributed by atoms with van der Waals surface area (Å²) >= 11 is 1.28. The topological polar surface area (TPSA) is 660 Å². The Hall–Kier alpha value is -10.2. The molecular formula is C72H122N22O17S. The van der Waals surface area contributed by atoms with Crippen LogP contribution in [0.4, 0.5) is 0 Å². The van der Waals surface area contributed by atoms with Gasteiger partial charge in [-0.2, -0.15) is 11.8 Å². The third kappa shape index (κ3) is 34.2. The van der Waals surface area contributed by atoms with Crippen LogP contribution in [0, 0.1) is 23.7 Å². The van der Waals surface area contributed by atoms with E-state index in [0.29, 0.717) is 42.1 Å². The highest BCUT2D eigenvalue weighted by molar-refractivity contribution is 7.98. The number of guanidine groups is 1. The average Bonchev–Trinajstić information content (AvgIpc) is 1.45. The molecule has 0 aliphatic rings. The van der Waals surface area contributed by atoms with E-state index in [1.54, 1.807) is 71.3 Å². The summed E-state index contributed by atoms with van der Waals surface area (Å²) in [7, 11) is 0. The summed E-state index contributed by atoms with van der Waals surface area (Å²) in [5, 5.41) is 44.1. The van der Waals surface area contributed by atoms with Gasteiger partial charge in [0.1, 0.15) is 72.0 Å². The van der Waals surface area contributed by atoms with Crippen LogP contribution in [0.5, 0.6) is 0 Å². The molecule has 0 saturated carbocycles. The van der Waals surface area contributed by atoms with Crippen molar-refractivity contribution in [2.24, 2.45) is 68.8 Å². The fourth-order valence-electron chi connectivity index (χ4n) is 11.2. The van der Waals surface area contributed by atoms with Gasteiger partial charge in [-0.05, 0) is 126 Å². The van der Waals surface area contributed by atoms with Crippen molar-refractivity contribution in [2.45, 2.75) is 238 Å². The molecule has 0 radical (unpaired) electrons. The van der Waals surface area contributed by atoms with Gasteiger partial charge < -0.3 is 119 Å². The molecule has 0 unspecified atom stereocenters. The van der Waals surface area contributed by atoms with Crippen LogP contribution in [0.15, 0.2) is 35.5 Å². The number of aliphatic hydroxyl groups is 1. The largest absolute Gasteiger partial charge is 0.394 e. The van der Waals surface area contributed by atoms with Gasteiger partial charge in [0.15, 0.2) is 5.96 Å². The van der Waals surface area contributed by atoms with E-state index in [9.17, 15) is 81.8 Å². The van der Waals surface area contributed by atoms with E-state index in [-0.39, 0.29) is 81.6 Å². The van der Waals surface area contributed by atoms with Crippen LogP contribution in [0.1, 0.15) is 159 Å². The van der Waals surface area contributed by atoms with Gasteiger partial charge in [-0.1, -0.05) is 86.4 Å². The van der Waals surface area contributed by atoms with Crippen molar-refractivity contribution >= 4 is 123 Å². The van der Waals surface area contributed by atoms with Gasteiger partial charge in [0.2, 0.25) is 94.5 Å². The Morgan fingerprint density at radius 1 is 0.545 bits per heavy atom. The molecule has 0 aliphatic carbocycles. The summed E-state index contributed by atoms with van der Waals surface area (Å²) < 4.78 is 0. The first-order valence-electron chi connectivity index (χ1n) is 37.5. The van der Waals surface area contributed by atoms with Crippen molar-refractivity contribution in [2.75, 3.05) is 38.2 Å². The molecule has 16 amide bonds. The number of fused-ring (bicyclic) bond motifs is 1. The highest BCUT2D eigenvalue weighted by Gasteiger charge is 2.40. The minimum atomic E-state index is -1.90. The number of primary amides is 3. The fourth-order valence-corrected chi connectivity index (χ4v) is 11.7. The van der Waals surface area contributed by atoms with Gasteiger partial charge in [0, 0.05) is 36.5 Å². The molecule has 29 N–H and O–H groups in total. The quantitative estimate of drug-likeness (QED) is 0.0167. The number of benzene rings is 1. The second-order valence-electron chi connectivity index (χ2n) is 29.1. The number of nitrogens with zero attached hydrogens (tertiary/aromatic N) is 1. The molecule has 0 fully saturated rings. The number of hydrogen-bond acceptors (Lipinski definition) is 21. The second-order valence-corrected chi connectivity index (χ2v) is 30.0. The summed E-state index contributed by atoms with van der Waals surface area (Å²) in [6.07, 6.45) is 3.25. The molecule has 40 heteroatoms. The predicted octanol–water partition coefficient (Wildman–Crippen LogP) is -5.25. The number of nitrogens with two attached hydrogens (primary N) is 7. The van der Waals surface area contributed by atoms with Crippen LogP contribution in [0.25, 0.3) is 10.9 Å². The van der Waals surface area contributed by atoms with Crippen molar-refractivity contribution in [3.8, 4) is 0 Å². The number of aromatic amines is 1. The Morgan fingerprint density at radius 3 is 1.63 bits per heavy atom. The number of H-pyrrole nitrogens is 1. The summed E-state index contributed by atoms with van der Waals surface area (Å²) in [5.41, 5.74) is 38.8. The van der Waals surface area contributed by atoms with Crippen LogP contribution < -0.4 is 109 Å². The van der Waals surface area contributed by atoms with Crippen LogP contribution in [0.2, 0.25) is 0 Å². The van der Waals surface area contributed by atoms with Gasteiger partial charge in [0.05, 0.1) is 25.6 Å². The number of para-hydroxylation sites is 1. The van der Waals surface area contributed by atoms with Gasteiger partial charge in [-0.3, -0.25) is 81.7 Å². The lowest BCUT2D eigenvalue weighted by molar-refractivity contribution is -0.138. The third-order valence-corrected chi connectivity index (χ3v) is 19.1. The number of thioether (sulfide) groups is 1. The lowest BCUT2D eigenvalue weighted by Gasteiger charge is -2.31. The molecule has 1 heterocycles. The Bertz CT molecular complexity index is 3570. The number of carbonyl (C=O) groups excluding carboxylic acids is 16. The maximum absolute atomic E-state index is 14.5. The van der Waals surface area contributed by atoms with Gasteiger partial charge >= 0.3 is 0 Å². The maximum atomic E-state index is 14.5. The van der Waals surface area contributed by atoms with E-state index in [1.807, 2.05) is 20.8 Å². The normalized spacial score (nSPS) is 15.1. The van der Waals surface area contributed by atoms with Gasteiger partial charge in [0.25, 0.3) is 0 Å². The zero-order valence-electron chi connectivity index (χ0n) is 66.2. The van der Waals surface area contributed by atoms with E-state index in [1.165, 1.54) is 32.5 Å². The van der Waals surface area contributed by atoms with Crippen LogP contribution >= 0.6 is 11.8 Å². The summed E-state index contributed by atoms with van der Waals surface area (Å²) in [5.74, 6) is -16.0. The van der Waals surface area contributed by atoms with Gasteiger partial charge in [-0.25, -0.2) is 0 Å². The smallest absolute Gasteiger partial charge is 0.245 e. The molecule has 628 valence electrons. The van der Waals surface area contributed by atoms with Gasteiger partial charge in [-0.15, -0.1) is 0 Å². The molecule has 0 spiro atoms. The van der Waals surface area contributed by atoms with Crippen LogP contribution in [0.3, 0.4) is 0 Å². The zero-order chi connectivity index (χ0) is 84.9. The standard InChI is InChI=1S/C72H122N22O17S/c1-13-38(7)55(76)67(108)89-50(32-53(75)97)64(105)88-49(31-41-33-81-43-21-16-15-20-42(41)43)63(104)84-44(22-17-18-27-73)60(101)82-34-54(98)92-57(39(8)14-2)69(110)83-40(9)59(100)90-51(35-95)65(106)86-47(26-29-112-12)66(107)94-72(10,11)70(111)91-45(23-19-28-80-71(78)79)61(102)85-46(24-25-52(74)96)62(103)93-56(37(5)6)68(109)87-48(58(77)99)30-36(3)4/h15-16,20-21,33,36-40,44-51,55-57,81,95H,13-14,17-19,22-32,34-35,73,76H2,1-12H3,(H2,74,96)(H2,75,97)(H2,77,99)(H,82,101)(H,83,110)(H,84,104)(H,85,102)(H,86,106)(H,87,109)(H,88,105)(H,89,108)(H,90,100)(H,91,111)(H,92,98)(H,93,103)(H,94,107)(H4,78,79,80)/t38-,39-,40-,44-,45-,46-,47-,48-,49-,50-,51-,55-,56-,57-/m0/s1. The minimum absolute atomic E-state index is 0.00847. The summed E-state index contributed by atoms with van der Waals surface area (Å²) in [6, 6.07) is -9.68. The zero-order valence-corrected chi connectivity index (χ0v) is 67.0. The molecule has 39 nitrogen and oxygen atoms in total. The predicted molar refractivity (Wildman–Crippen MR) is 420 cm³/mol. The molecule has 14 atom stereocenters. The maximum Gasteiger partial charge on any atom is 0.245 e. The lowest BCUT2D eigenvalue weighted by atomic mass is 9.98. The summed E-state index contributed by atoms with van der Waals surface area (Å²) in [6.45, 7) is 15.9. The lowest BCUT2D eigenvalue weighted by Crippen LogP contribution is -2.63. The van der Waals surface area contributed by atoms with E-state index < -0.39 is 210 Å². The molecule has 0 aliphatic heterocycles. The Balaban J connectivity index is 2.33. The number of aliphatic hydroxyl groups excluding tert-OH is 1. The Kier molecular flexibility index (Phi) is 43.0. The van der Waals surface area contributed by atoms with Crippen molar-refractivity contribution in [1.29, 1.82) is 0 Å². The van der Waals surface area contributed by atoms with Crippen molar-refractivity contribution < 1.29 is 81.8 Å². The first-order chi connectivity index (χ1) is 52.6. The highest BCUT2D eigenvalue weighted by Crippen LogP contribution is 2.21. The monoisotopic (exact) mass is 1600 g/mol. The molecule has 1 aromatic heterocycles. The minimum Gasteiger partial charge on any atom is -0.394 e. The third-order valence-electron chi connectivity index (χ3n) is 18.5. The number of aliphatic imine (C=N–C) groups is 1. The van der Waals surface area contributed by atoms with Crippen molar-refractivity contribution in [3.63, 3.8) is 0 Å². The SMILES string of the molecule is CC[C@H](C)[C@H](N)C(=O)N[C@@H](CC(N)=O)C(=O)N[C@@H](Cc1c[nH]c2ccccc12)C(=O)N[C@@H](CCCCN)C(=O)NCC(=O)N[C@H](C(=O)N[C@@H](C)C(=O)N[C@@H](CO)C(=O)N[C@@H](CCSC)C(=O)NC(C)(C)C(=O)N[C@@H](CCCN=C(N)N)C(=O)N[C@@H](CCC(N)=O)C(=O)N[C@H](C(=O)N[C@@H](CC(C)C)C(N)=O)C(C)C)[C@@H](C)CC. The Morgan fingerprint density at radius 2 is 1.07 bits per heavy atom. The Labute approximate surface area is 657 Å². The number of unbranched alkanes of at least 4 members (excludes halogenated alkanes) is 1. The van der Waals surface area contributed by atoms with Crippen LogP contribution in [-0.2, 0) is 83.1 Å². The van der Waals surface area contributed by atoms with Crippen molar-refractivity contribution in [1.82, 2.24) is 74.1 Å². The number of hydrogen-bond donors (Lipinski definition) is 22. The van der Waals surface area contributed by atoms with E-state index in [0.717, 1.165) is 0 Å². The number of amides is 16. The van der Waals surface area contributed by atoms with E-state index in [4.69, 9.17) is 40.1 Å². The number of rotatable bonds is 53. The molecular weight excluding hydrogens is 1480 g/mol.